The van der Waals surface area contributed by atoms with Crippen LogP contribution in [0, 0.1) is 12.8 Å². The Morgan fingerprint density at radius 2 is 2.12 bits per heavy atom. The topological polar surface area (TPSA) is 49.3 Å². The van der Waals surface area contributed by atoms with Gasteiger partial charge in [-0.25, -0.2) is 0 Å². The van der Waals surface area contributed by atoms with Gasteiger partial charge in [-0.2, -0.15) is 0 Å². The largest absolute Gasteiger partial charge is 0.481 e. The van der Waals surface area contributed by atoms with Crippen molar-refractivity contribution in [1.82, 2.24) is 5.32 Å². The van der Waals surface area contributed by atoms with Gasteiger partial charge < -0.3 is 10.4 Å². The minimum absolute atomic E-state index is 0.252. The van der Waals surface area contributed by atoms with E-state index in [4.69, 9.17) is 5.11 Å². The fourth-order valence-corrected chi connectivity index (χ4v) is 2.41. The highest BCUT2D eigenvalue weighted by Crippen LogP contribution is 2.28. The molecule has 1 aromatic carbocycles. The summed E-state index contributed by atoms with van der Waals surface area (Å²) < 4.78 is 0. The van der Waals surface area contributed by atoms with Crippen LogP contribution in [0.3, 0.4) is 0 Å². The normalized spacial score (nSPS) is 25.3. The number of aryl methyl sites for hydroxylation is 1. The molecule has 0 bridgehead atoms. The zero-order valence-corrected chi connectivity index (χ0v) is 9.44. The summed E-state index contributed by atoms with van der Waals surface area (Å²) in [5, 5.41) is 12.2. The molecule has 2 unspecified atom stereocenters. The minimum Gasteiger partial charge on any atom is -0.481 e. The summed E-state index contributed by atoms with van der Waals surface area (Å²) in [7, 11) is 0. The van der Waals surface area contributed by atoms with Crippen LogP contribution in [0.2, 0.25) is 0 Å². The van der Waals surface area contributed by atoms with Gasteiger partial charge in [0.2, 0.25) is 0 Å². The van der Waals surface area contributed by atoms with Crippen LogP contribution in [-0.2, 0) is 4.79 Å². The third-order valence-corrected chi connectivity index (χ3v) is 3.33. The lowest BCUT2D eigenvalue weighted by molar-refractivity contribution is -0.142. The van der Waals surface area contributed by atoms with Crippen LogP contribution in [0.5, 0.6) is 0 Å². The van der Waals surface area contributed by atoms with E-state index in [0.29, 0.717) is 12.5 Å². The molecule has 1 heterocycles. The molecule has 0 aromatic heterocycles. The molecule has 1 aliphatic rings. The predicted molar refractivity (Wildman–Crippen MR) is 62.5 cm³/mol. The lowest BCUT2D eigenvalue weighted by Crippen LogP contribution is -2.38. The summed E-state index contributed by atoms with van der Waals surface area (Å²) in [4.78, 5) is 11.0. The Bertz CT molecular complexity index is 389. The van der Waals surface area contributed by atoms with E-state index in [1.54, 1.807) is 0 Å². The number of rotatable bonds is 2. The number of carbonyl (C=O) groups is 1. The van der Waals surface area contributed by atoms with Crippen LogP contribution in [0.4, 0.5) is 0 Å². The van der Waals surface area contributed by atoms with Crippen molar-refractivity contribution in [2.24, 2.45) is 5.92 Å². The van der Waals surface area contributed by atoms with Crippen LogP contribution in [0.1, 0.15) is 23.5 Å². The zero-order chi connectivity index (χ0) is 11.5. The molecule has 0 radical (unpaired) electrons. The van der Waals surface area contributed by atoms with Crippen molar-refractivity contribution in [3.8, 4) is 0 Å². The molecule has 1 saturated heterocycles. The second-order valence-corrected chi connectivity index (χ2v) is 4.48. The van der Waals surface area contributed by atoms with E-state index >= 15 is 0 Å². The van der Waals surface area contributed by atoms with Crippen LogP contribution in [0.25, 0.3) is 0 Å². The maximum absolute atomic E-state index is 11.0. The first-order chi connectivity index (χ1) is 7.68. The molecule has 1 fully saturated rings. The number of hydrogen-bond acceptors (Lipinski definition) is 2. The third kappa shape index (κ3) is 2.25. The Morgan fingerprint density at radius 3 is 2.81 bits per heavy atom. The number of carboxylic acids is 1. The van der Waals surface area contributed by atoms with Gasteiger partial charge in [-0.05, 0) is 30.4 Å². The van der Waals surface area contributed by atoms with Gasteiger partial charge in [0.05, 0.1) is 5.92 Å². The van der Waals surface area contributed by atoms with Gasteiger partial charge in [0, 0.05) is 13.1 Å². The first kappa shape index (κ1) is 11.1. The molecule has 3 nitrogen and oxygen atoms in total. The van der Waals surface area contributed by atoms with Gasteiger partial charge in [0.1, 0.15) is 0 Å². The predicted octanol–water partition coefficient (Wildman–Crippen LogP) is 1.77. The van der Waals surface area contributed by atoms with Crippen molar-refractivity contribution in [1.29, 1.82) is 0 Å². The van der Waals surface area contributed by atoms with Crippen molar-refractivity contribution in [3.63, 3.8) is 0 Å². The SMILES string of the molecule is Cc1ccccc1C1CNCC(C(=O)O)C1. The summed E-state index contributed by atoms with van der Waals surface area (Å²) in [5.74, 6) is -0.611. The van der Waals surface area contributed by atoms with Crippen molar-refractivity contribution in [2.75, 3.05) is 13.1 Å². The first-order valence-electron chi connectivity index (χ1n) is 5.67. The number of benzene rings is 1. The molecule has 0 spiro atoms. The van der Waals surface area contributed by atoms with E-state index in [-0.39, 0.29) is 5.92 Å². The van der Waals surface area contributed by atoms with E-state index in [1.807, 2.05) is 12.1 Å². The average molecular weight is 219 g/mol. The summed E-state index contributed by atoms with van der Waals surface area (Å²) in [6.07, 6.45) is 0.743. The number of carboxylic acid groups (broad SMARTS) is 1. The van der Waals surface area contributed by atoms with Crippen LogP contribution < -0.4 is 5.32 Å². The quantitative estimate of drug-likeness (QED) is 0.797. The second kappa shape index (κ2) is 4.66. The maximum atomic E-state index is 11.0. The standard InChI is InChI=1S/C13H17NO2/c1-9-4-2-3-5-12(9)10-6-11(13(15)16)8-14-7-10/h2-5,10-11,14H,6-8H2,1H3,(H,15,16). The van der Waals surface area contributed by atoms with Gasteiger partial charge in [0.15, 0.2) is 0 Å². The van der Waals surface area contributed by atoms with Crippen molar-refractivity contribution in [3.05, 3.63) is 35.4 Å². The number of piperidine rings is 1. The number of aliphatic carboxylic acids is 1. The highest BCUT2D eigenvalue weighted by Gasteiger charge is 2.28. The molecular formula is C13H17NO2. The fourth-order valence-electron chi connectivity index (χ4n) is 2.41. The Morgan fingerprint density at radius 1 is 1.38 bits per heavy atom. The van der Waals surface area contributed by atoms with Gasteiger partial charge >= 0.3 is 5.97 Å². The van der Waals surface area contributed by atoms with Crippen LogP contribution in [0.15, 0.2) is 24.3 Å². The van der Waals surface area contributed by atoms with Crippen LogP contribution >= 0.6 is 0 Å². The minimum atomic E-state index is -0.689. The summed E-state index contributed by atoms with van der Waals surface area (Å²) in [6, 6.07) is 8.22. The van der Waals surface area contributed by atoms with Crippen molar-refractivity contribution in [2.45, 2.75) is 19.3 Å². The molecule has 0 aliphatic carbocycles. The van der Waals surface area contributed by atoms with Crippen LogP contribution in [-0.4, -0.2) is 24.2 Å². The Hall–Kier alpha value is -1.35. The molecule has 2 atom stereocenters. The Balaban J connectivity index is 2.16. The van der Waals surface area contributed by atoms with E-state index in [1.165, 1.54) is 11.1 Å². The molecule has 16 heavy (non-hydrogen) atoms. The summed E-state index contributed by atoms with van der Waals surface area (Å²) >= 11 is 0. The van der Waals surface area contributed by atoms with E-state index in [0.717, 1.165) is 13.0 Å². The lowest BCUT2D eigenvalue weighted by Gasteiger charge is -2.28. The molecule has 1 aliphatic heterocycles. The molecule has 1 aromatic rings. The molecule has 0 saturated carbocycles. The zero-order valence-electron chi connectivity index (χ0n) is 9.44. The maximum Gasteiger partial charge on any atom is 0.307 e. The number of nitrogens with one attached hydrogen (secondary N) is 1. The molecule has 2 rings (SSSR count). The Labute approximate surface area is 95.5 Å². The highest BCUT2D eigenvalue weighted by molar-refractivity contribution is 5.70. The second-order valence-electron chi connectivity index (χ2n) is 4.48. The summed E-state index contributed by atoms with van der Waals surface area (Å²) in [6.45, 7) is 3.56. The van der Waals surface area contributed by atoms with Gasteiger partial charge in [-0.3, -0.25) is 4.79 Å². The van der Waals surface area contributed by atoms with Crippen molar-refractivity contribution < 1.29 is 9.90 Å². The van der Waals surface area contributed by atoms with Gasteiger partial charge in [-0.1, -0.05) is 24.3 Å². The molecule has 0 amide bonds. The van der Waals surface area contributed by atoms with E-state index < -0.39 is 5.97 Å². The van der Waals surface area contributed by atoms with Gasteiger partial charge in [-0.15, -0.1) is 0 Å². The molecule has 3 heteroatoms. The van der Waals surface area contributed by atoms with E-state index in [9.17, 15) is 4.79 Å². The Kier molecular flexibility index (Phi) is 3.25. The van der Waals surface area contributed by atoms with Gasteiger partial charge in [0.25, 0.3) is 0 Å². The molecule has 86 valence electrons. The summed E-state index contributed by atoms with van der Waals surface area (Å²) in [5.41, 5.74) is 2.53. The smallest absolute Gasteiger partial charge is 0.307 e. The monoisotopic (exact) mass is 219 g/mol. The molecule has 2 N–H and O–H groups in total. The third-order valence-electron chi connectivity index (χ3n) is 3.33. The number of hydrogen-bond donors (Lipinski definition) is 2. The average Bonchev–Trinajstić information content (AvgIpc) is 2.30. The van der Waals surface area contributed by atoms with Crippen molar-refractivity contribution >= 4 is 5.97 Å². The molecular weight excluding hydrogens is 202 g/mol. The highest BCUT2D eigenvalue weighted by atomic mass is 16.4. The van der Waals surface area contributed by atoms with E-state index in [2.05, 4.69) is 24.4 Å². The lowest BCUT2D eigenvalue weighted by atomic mass is 9.84. The first-order valence-corrected chi connectivity index (χ1v) is 5.67. The fraction of sp³-hybridized carbons (Fsp3) is 0.462.